The van der Waals surface area contributed by atoms with Gasteiger partial charge in [0, 0.05) is 27.5 Å². The second-order valence-electron chi connectivity index (χ2n) is 17.6. The summed E-state index contributed by atoms with van der Waals surface area (Å²) in [5, 5.41) is 59.1. The van der Waals surface area contributed by atoms with Gasteiger partial charge in [0.1, 0.15) is 50.6 Å². The van der Waals surface area contributed by atoms with E-state index in [4.69, 9.17) is 63.5 Å². The summed E-state index contributed by atoms with van der Waals surface area (Å²) in [4.78, 5) is 9.11. The number of para-hydroxylation sites is 2. The van der Waals surface area contributed by atoms with Crippen molar-refractivity contribution in [3.8, 4) is 23.4 Å². The number of rotatable bonds is 21. The molecular formula is C47H45ClN10O25S9. The van der Waals surface area contributed by atoms with Crippen molar-refractivity contribution in [2.45, 2.75) is 49.5 Å². The predicted octanol–water partition coefficient (Wildman–Crippen LogP) is 8.08. The first-order valence-corrected chi connectivity index (χ1v) is 36.3. The van der Waals surface area contributed by atoms with Crippen LogP contribution in [0.15, 0.2) is 113 Å². The van der Waals surface area contributed by atoms with E-state index in [9.17, 15) is 62.8 Å². The number of thioether (sulfide) groups is 1. The summed E-state index contributed by atoms with van der Waals surface area (Å²) in [5.74, 6) is -1.13. The van der Waals surface area contributed by atoms with Crippen molar-refractivity contribution < 1.29 is 109 Å². The number of aromatic nitrogens is 3. The predicted molar refractivity (Wildman–Crippen MR) is 328 cm³/mol. The van der Waals surface area contributed by atoms with Crippen LogP contribution < -0.4 is 9.47 Å². The fraction of sp³-hybridized carbons (Fsp3) is 0.255. The summed E-state index contributed by atoms with van der Waals surface area (Å²) >= 11 is 8.87. The minimum Gasteiger partial charge on any atom is -0.493 e. The minimum absolute atomic E-state index is 0.00292. The molecule has 0 amide bonds. The highest BCUT2D eigenvalue weighted by molar-refractivity contribution is 7.99. The van der Waals surface area contributed by atoms with E-state index >= 15 is 0 Å². The van der Waals surface area contributed by atoms with E-state index in [0.717, 1.165) is 23.1 Å². The molecule has 0 saturated heterocycles. The summed E-state index contributed by atoms with van der Waals surface area (Å²) in [6.07, 6.45) is 1.22. The van der Waals surface area contributed by atoms with Crippen LogP contribution in [0.2, 0.25) is 5.02 Å². The summed E-state index contributed by atoms with van der Waals surface area (Å²) in [6.45, 7) is 2.88. The number of ether oxygens (including phenoxy) is 2. The van der Waals surface area contributed by atoms with Crippen LogP contribution in [0.3, 0.4) is 0 Å². The summed E-state index contributed by atoms with van der Waals surface area (Å²) in [7, 11) is -26.3. The fourth-order valence-corrected chi connectivity index (χ4v) is 11.6. The summed E-state index contributed by atoms with van der Waals surface area (Å²) in [6, 6.07) is 20.6. The monoisotopic (exact) mass is 1470 g/mol. The lowest BCUT2D eigenvalue weighted by Gasteiger charge is -2.12. The zero-order valence-electron chi connectivity index (χ0n) is 46.8. The number of azo groups is 3. The Kier molecular flexibility index (Phi) is 28.3. The van der Waals surface area contributed by atoms with Gasteiger partial charge in [-0.2, -0.15) is 44.0 Å². The third-order valence-corrected chi connectivity index (χ3v) is 15.8. The maximum Gasteiger partial charge on any atom is 0.425 e. The Morgan fingerprint density at radius 1 is 0.707 bits per heavy atom. The molecule has 0 radical (unpaired) electrons. The van der Waals surface area contributed by atoms with Crippen LogP contribution in [-0.2, 0) is 78.9 Å². The number of hydrogen-bond donors (Lipinski definition) is 6. The molecule has 35 nitrogen and oxygen atoms in total. The van der Waals surface area contributed by atoms with Gasteiger partial charge in [-0.05, 0) is 79.8 Å². The topological polar surface area (TPSA) is 558 Å². The number of halogens is 1. The molecule has 0 bridgehead atoms. The van der Waals surface area contributed by atoms with E-state index in [0.29, 0.717) is 51.0 Å². The van der Waals surface area contributed by atoms with Crippen LogP contribution in [0.1, 0.15) is 42.9 Å². The highest BCUT2D eigenvalue weighted by Crippen LogP contribution is 2.46. The van der Waals surface area contributed by atoms with Gasteiger partial charge in [0.2, 0.25) is 11.0 Å². The number of pyridine rings is 1. The van der Waals surface area contributed by atoms with E-state index in [1.165, 1.54) is 40.8 Å². The van der Waals surface area contributed by atoms with Crippen molar-refractivity contribution >= 4 is 178 Å². The van der Waals surface area contributed by atoms with Crippen molar-refractivity contribution in [2.75, 3.05) is 36.7 Å². The van der Waals surface area contributed by atoms with Crippen molar-refractivity contribution in [3.63, 3.8) is 0 Å². The number of fused-ring (bicyclic) bond motifs is 6. The van der Waals surface area contributed by atoms with Gasteiger partial charge in [-0.1, -0.05) is 54.1 Å². The SMILES string of the molecule is CCCOc1cc2cccc(S(=O)(=O)O)c2c2sc(N=Nc3cc(SCCCS(=O)(=O)O)c(N=Nc4cc(OCCCS(=O)(=O)O)c(N=Nc5c(C)c(C#N)c6nc7ccccc7n6c5O)cc4CO)cc3Cl)nc12.CS(=O)(=O)O.O=S(=O)=O.O=S(=O)=O.O=S(=O)=O. The number of nitriles is 1. The van der Waals surface area contributed by atoms with E-state index < -0.39 is 90.4 Å². The lowest BCUT2D eigenvalue weighted by molar-refractivity contribution is 0.281. The Balaban J connectivity index is 0.000000945. The van der Waals surface area contributed by atoms with Crippen LogP contribution >= 0.6 is 34.7 Å². The van der Waals surface area contributed by atoms with Gasteiger partial charge in [-0.3, -0.25) is 22.6 Å². The number of imidazole rings is 1. The molecule has 0 aliphatic heterocycles. The molecule has 8 aromatic rings. The van der Waals surface area contributed by atoms with Crippen molar-refractivity contribution in [3.05, 3.63) is 94.5 Å². The molecule has 0 saturated carbocycles. The van der Waals surface area contributed by atoms with E-state index in [-0.39, 0.29) is 114 Å². The highest BCUT2D eigenvalue weighted by atomic mass is 35.5. The van der Waals surface area contributed by atoms with Crippen molar-refractivity contribution in [1.82, 2.24) is 14.4 Å². The normalized spacial score (nSPS) is 11.7. The van der Waals surface area contributed by atoms with Crippen LogP contribution in [0, 0.1) is 18.3 Å². The van der Waals surface area contributed by atoms with Gasteiger partial charge in [-0.25, -0.2) is 9.97 Å². The fourth-order valence-electron chi connectivity index (χ4n) is 7.54. The zero-order valence-corrected chi connectivity index (χ0v) is 54.9. The molecule has 5 aromatic carbocycles. The van der Waals surface area contributed by atoms with E-state index in [1.54, 1.807) is 43.3 Å². The molecule has 494 valence electrons. The molecule has 3 aromatic heterocycles. The minimum atomic E-state index is -4.67. The molecule has 45 heteroatoms. The van der Waals surface area contributed by atoms with Crippen LogP contribution in [0.25, 0.3) is 37.7 Å². The van der Waals surface area contributed by atoms with Crippen LogP contribution in [-0.4, -0.2) is 151 Å². The second kappa shape index (κ2) is 34.1. The number of aromatic hydroxyl groups is 1. The third-order valence-electron chi connectivity index (χ3n) is 10.9. The standard InChI is InChI=1S/C46H41ClN10O13S5.CH4O3S.3O3S/c1-3-13-69-37-19-26-9-6-12-39(75(66,67)68)40(26)43-42(37)50-46(72-43)56-52-32-22-38(71-15-8-17-74(63,64)65)34(20-29(32)47)54-51-31-21-36(70-14-7-16-73(60,61)62)33(18-27(31)24-58)53-55-41-25(2)28(23-48)44-49-30-10-4-5-11-35(30)57(44)45(41)59;1-5(2,3)4;3*1-4(2)3/h4-6,9-12,18-22,58-59H,3,7-8,13-17,24H2,1-2H3,(H,60,61,62)(H,63,64,65)(H,66,67,68);1H3,(H,2,3,4);;;. The van der Waals surface area contributed by atoms with Gasteiger partial charge in [-0.15, -0.1) is 75.2 Å². The molecule has 0 unspecified atom stereocenters. The van der Waals surface area contributed by atoms with E-state index in [2.05, 4.69) is 46.7 Å². The Morgan fingerprint density at radius 3 is 1.87 bits per heavy atom. The first-order valence-electron chi connectivity index (χ1n) is 24.6. The maximum absolute atomic E-state index is 12.5. The molecule has 0 aliphatic carbocycles. The van der Waals surface area contributed by atoms with Crippen LogP contribution in [0.4, 0.5) is 33.6 Å². The molecule has 0 fully saturated rings. The molecule has 3 heterocycles. The van der Waals surface area contributed by atoms with Gasteiger partial charge in [0.15, 0.2) is 11.3 Å². The molecule has 0 atom stereocenters. The highest BCUT2D eigenvalue weighted by Gasteiger charge is 2.24. The third kappa shape index (κ3) is 23.9. The number of aliphatic hydroxyl groups excluding tert-OH is 1. The second-order valence-corrected chi connectivity index (χ2v) is 27.3. The Labute approximate surface area is 538 Å². The van der Waals surface area contributed by atoms with Gasteiger partial charge >= 0.3 is 31.8 Å². The molecular weight excluding hydrogens is 1430 g/mol. The zero-order chi connectivity index (χ0) is 69.1. The quantitative estimate of drug-likeness (QED) is 0.0171. The average molecular weight is 1470 g/mol. The average Bonchev–Trinajstić information content (AvgIpc) is 1.53. The number of aliphatic hydroxyl groups is 1. The van der Waals surface area contributed by atoms with Crippen molar-refractivity contribution in [2.24, 2.45) is 30.7 Å². The van der Waals surface area contributed by atoms with E-state index in [1.807, 2.05) is 6.92 Å². The van der Waals surface area contributed by atoms with Gasteiger partial charge < -0.3 is 19.7 Å². The largest absolute Gasteiger partial charge is 0.493 e. The van der Waals surface area contributed by atoms with Crippen molar-refractivity contribution in [1.29, 1.82) is 5.26 Å². The van der Waals surface area contributed by atoms with Gasteiger partial charge in [0.25, 0.3) is 40.5 Å². The number of benzene rings is 5. The smallest absolute Gasteiger partial charge is 0.425 e. The lowest BCUT2D eigenvalue weighted by atomic mass is 10.1. The number of thiazole rings is 1. The Hall–Kier alpha value is -8.01. The molecule has 8 rings (SSSR count). The first-order chi connectivity index (χ1) is 42.9. The Bertz CT molecular complexity index is 5000. The lowest BCUT2D eigenvalue weighted by Crippen LogP contribution is -2.08. The molecule has 0 aliphatic rings. The van der Waals surface area contributed by atoms with Crippen LogP contribution in [0.5, 0.6) is 17.4 Å². The Morgan fingerprint density at radius 2 is 1.28 bits per heavy atom. The maximum atomic E-state index is 12.5. The number of nitrogens with zero attached hydrogens (tertiary/aromatic N) is 10. The van der Waals surface area contributed by atoms with Gasteiger partial charge in [0.05, 0.1) is 64.0 Å². The first kappa shape index (κ1) is 76.4. The number of hydrogen-bond acceptors (Lipinski definition) is 32. The summed E-state index contributed by atoms with van der Waals surface area (Å²) < 4.78 is 215. The summed E-state index contributed by atoms with van der Waals surface area (Å²) in [5.41, 5.74) is 2.07. The molecule has 6 N–H and O–H groups in total. The molecule has 92 heavy (non-hydrogen) atoms. The molecule has 0 spiro atoms.